The fourth-order valence-electron chi connectivity index (χ4n) is 2.81. The number of amidine groups is 1. The van der Waals surface area contributed by atoms with Crippen molar-refractivity contribution >= 4 is 33.1 Å². The van der Waals surface area contributed by atoms with E-state index >= 15 is 0 Å². The summed E-state index contributed by atoms with van der Waals surface area (Å²) in [4.78, 5) is 14.1. The van der Waals surface area contributed by atoms with Crippen LogP contribution in [0.15, 0.2) is 27.5 Å². The van der Waals surface area contributed by atoms with Crippen LogP contribution in [0, 0.1) is 5.92 Å². The van der Waals surface area contributed by atoms with Gasteiger partial charge in [0, 0.05) is 24.6 Å². The van der Waals surface area contributed by atoms with Gasteiger partial charge < -0.3 is 10.2 Å². The number of hydrogen-bond donors (Lipinski definition) is 1. The number of fused-ring (bicyclic) bond motifs is 1. The summed E-state index contributed by atoms with van der Waals surface area (Å²) in [6.45, 7) is 4.74. The first kappa shape index (κ1) is 17.0. The standard InChI is InChI=1S/C17H23N3O3S/c1-3-5-10-20-14-9-8-13(18-17(21)12-6-7-12)11-15(14)24(22,23)19-16(20)4-2/h8-9,11-12H,3-7,10H2,1-2H3,(H,18,21). The molecule has 1 fully saturated rings. The molecule has 130 valence electrons. The van der Waals surface area contributed by atoms with Crippen molar-refractivity contribution in [1.82, 2.24) is 0 Å². The highest BCUT2D eigenvalue weighted by Gasteiger charge is 2.32. The van der Waals surface area contributed by atoms with E-state index in [9.17, 15) is 13.2 Å². The molecule has 1 aliphatic carbocycles. The lowest BCUT2D eigenvalue weighted by Crippen LogP contribution is -2.36. The van der Waals surface area contributed by atoms with E-state index in [-0.39, 0.29) is 16.7 Å². The molecule has 1 aromatic carbocycles. The first-order chi connectivity index (χ1) is 11.5. The molecule has 1 heterocycles. The molecule has 1 aliphatic heterocycles. The maximum atomic E-state index is 12.5. The van der Waals surface area contributed by atoms with E-state index in [1.54, 1.807) is 12.1 Å². The Labute approximate surface area is 143 Å². The predicted octanol–water partition coefficient (Wildman–Crippen LogP) is 3.15. The molecule has 1 amide bonds. The molecule has 0 unspecified atom stereocenters. The highest BCUT2D eigenvalue weighted by molar-refractivity contribution is 7.90. The quantitative estimate of drug-likeness (QED) is 0.855. The average molecular weight is 349 g/mol. The summed E-state index contributed by atoms with van der Waals surface area (Å²) in [7, 11) is -3.73. The average Bonchev–Trinajstić information content (AvgIpc) is 3.39. The molecule has 0 aromatic heterocycles. The van der Waals surface area contributed by atoms with Gasteiger partial charge in [-0.05, 0) is 37.5 Å². The van der Waals surface area contributed by atoms with Gasteiger partial charge in [-0.25, -0.2) is 0 Å². The summed E-state index contributed by atoms with van der Waals surface area (Å²) < 4.78 is 29.0. The van der Waals surface area contributed by atoms with Gasteiger partial charge in [-0.2, -0.15) is 8.42 Å². The Bertz CT molecular complexity index is 782. The van der Waals surface area contributed by atoms with Crippen LogP contribution >= 0.6 is 0 Å². The Balaban J connectivity index is 1.96. The van der Waals surface area contributed by atoms with Crippen LogP contribution in [0.5, 0.6) is 0 Å². The van der Waals surface area contributed by atoms with Crippen LogP contribution in [0.1, 0.15) is 46.0 Å². The molecule has 1 saturated carbocycles. The SMILES string of the molecule is CCCCN1C(CC)=NS(=O)(=O)c2cc(NC(=O)C3CC3)ccc21. The number of rotatable bonds is 6. The second-order valence-electron chi connectivity index (χ2n) is 6.29. The number of nitrogens with one attached hydrogen (secondary N) is 1. The Morgan fingerprint density at radius 2 is 2.08 bits per heavy atom. The van der Waals surface area contributed by atoms with Crippen LogP contribution in [-0.4, -0.2) is 26.7 Å². The molecule has 0 spiro atoms. The van der Waals surface area contributed by atoms with Gasteiger partial charge in [0.2, 0.25) is 5.91 Å². The number of amides is 1. The lowest BCUT2D eigenvalue weighted by Gasteiger charge is -2.30. The zero-order valence-corrected chi connectivity index (χ0v) is 14.9. The van der Waals surface area contributed by atoms with Crippen molar-refractivity contribution in [2.75, 3.05) is 16.8 Å². The minimum Gasteiger partial charge on any atom is -0.328 e. The second-order valence-corrected chi connectivity index (χ2v) is 7.86. The Morgan fingerprint density at radius 3 is 2.71 bits per heavy atom. The molecule has 2 aliphatic rings. The van der Waals surface area contributed by atoms with Gasteiger partial charge in [0.15, 0.2) is 0 Å². The number of benzene rings is 1. The van der Waals surface area contributed by atoms with Crippen molar-refractivity contribution in [2.24, 2.45) is 10.3 Å². The number of anilines is 2. The van der Waals surface area contributed by atoms with Crippen LogP contribution in [0.25, 0.3) is 0 Å². The van der Waals surface area contributed by atoms with E-state index in [0.717, 1.165) is 32.2 Å². The number of hydrogen-bond acceptors (Lipinski definition) is 4. The van der Waals surface area contributed by atoms with Crippen molar-refractivity contribution in [3.8, 4) is 0 Å². The summed E-state index contributed by atoms with van der Waals surface area (Å²) in [5.41, 5.74) is 1.17. The molecule has 0 saturated heterocycles. The van der Waals surface area contributed by atoms with Gasteiger partial charge >= 0.3 is 0 Å². The van der Waals surface area contributed by atoms with E-state index in [1.165, 1.54) is 6.07 Å². The van der Waals surface area contributed by atoms with Crippen molar-refractivity contribution in [1.29, 1.82) is 0 Å². The van der Waals surface area contributed by atoms with Crippen LogP contribution < -0.4 is 10.2 Å². The molecule has 0 bridgehead atoms. The Hall–Kier alpha value is -1.89. The third-order valence-corrected chi connectivity index (χ3v) is 5.67. The monoisotopic (exact) mass is 349 g/mol. The molecule has 24 heavy (non-hydrogen) atoms. The minimum atomic E-state index is -3.73. The van der Waals surface area contributed by atoms with E-state index in [0.29, 0.717) is 23.6 Å². The lowest BCUT2D eigenvalue weighted by molar-refractivity contribution is -0.117. The molecule has 7 heteroatoms. The third-order valence-electron chi connectivity index (χ3n) is 4.33. The summed E-state index contributed by atoms with van der Waals surface area (Å²) in [5.74, 6) is 0.609. The van der Waals surface area contributed by atoms with Gasteiger partial charge in [0.1, 0.15) is 10.7 Å². The molecular formula is C17H23N3O3S. The minimum absolute atomic E-state index is 0.0382. The van der Waals surface area contributed by atoms with Gasteiger partial charge in [-0.3, -0.25) is 4.79 Å². The zero-order valence-electron chi connectivity index (χ0n) is 14.1. The topological polar surface area (TPSA) is 78.8 Å². The maximum absolute atomic E-state index is 12.5. The van der Waals surface area contributed by atoms with E-state index in [1.807, 2.05) is 11.8 Å². The lowest BCUT2D eigenvalue weighted by atomic mass is 10.2. The fourth-order valence-corrected chi connectivity index (χ4v) is 4.13. The maximum Gasteiger partial charge on any atom is 0.286 e. The highest BCUT2D eigenvalue weighted by atomic mass is 32.2. The van der Waals surface area contributed by atoms with Gasteiger partial charge in [0.25, 0.3) is 10.0 Å². The fraction of sp³-hybridized carbons (Fsp3) is 0.529. The normalized spacial score (nSPS) is 18.8. The smallest absolute Gasteiger partial charge is 0.286 e. The first-order valence-corrected chi connectivity index (χ1v) is 9.96. The number of carbonyl (C=O) groups excluding carboxylic acids is 1. The van der Waals surface area contributed by atoms with Gasteiger partial charge in [0.05, 0.1) is 5.69 Å². The summed E-state index contributed by atoms with van der Waals surface area (Å²) >= 11 is 0. The number of unbranched alkanes of at least 4 members (excludes halogenated alkanes) is 1. The van der Waals surface area contributed by atoms with Crippen molar-refractivity contribution in [3.63, 3.8) is 0 Å². The van der Waals surface area contributed by atoms with E-state index < -0.39 is 10.0 Å². The largest absolute Gasteiger partial charge is 0.328 e. The zero-order chi connectivity index (χ0) is 17.3. The molecular weight excluding hydrogens is 326 g/mol. The summed E-state index contributed by atoms with van der Waals surface area (Å²) in [6.07, 6.45) is 4.35. The van der Waals surface area contributed by atoms with Crippen molar-refractivity contribution in [2.45, 2.75) is 50.8 Å². The molecule has 3 rings (SSSR count). The first-order valence-electron chi connectivity index (χ1n) is 8.52. The Kier molecular flexibility index (Phi) is 4.62. The van der Waals surface area contributed by atoms with Crippen LogP contribution in [0.2, 0.25) is 0 Å². The van der Waals surface area contributed by atoms with Gasteiger partial charge in [-0.15, -0.1) is 4.40 Å². The highest BCUT2D eigenvalue weighted by Crippen LogP contribution is 2.36. The van der Waals surface area contributed by atoms with Crippen LogP contribution in [-0.2, 0) is 14.8 Å². The molecule has 0 radical (unpaired) electrons. The number of carbonyl (C=O) groups is 1. The molecule has 1 aromatic rings. The number of nitrogens with zero attached hydrogens (tertiary/aromatic N) is 2. The molecule has 0 atom stereocenters. The number of sulfonamides is 1. The summed E-state index contributed by atoms with van der Waals surface area (Å²) in [5, 5.41) is 2.80. The van der Waals surface area contributed by atoms with Crippen LogP contribution in [0.4, 0.5) is 11.4 Å². The Morgan fingerprint density at radius 1 is 1.33 bits per heavy atom. The third kappa shape index (κ3) is 3.31. The van der Waals surface area contributed by atoms with Crippen molar-refractivity contribution in [3.05, 3.63) is 18.2 Å². The van der Waals surface area contributed by atoms with E-state index in [4.69, 9.17) is 0 Å². The molecule has 1 N–H and O–H groups in total. The van der Waals surface area contributed by atoms with E-state index in [2.05, 4.69) is 16.6 Å². The van der Waals surface area contributed by atoms with Crippen molar-refractivity contribution < 1.29 is 13.2 Å². The molecule has 6 nitrogen and oxygen atoms in total. The summed E-state index contributed by atoms with van der Waals surface area (Å²) in [6, 6.07) is 5.07. The second kappa shape index (κ2) is 6.55. The predicted molar refractivity (Wildman–Crippen MR) is 95.0 cm³/mol. The van der Waals surface area contributed by atoms with Crippen LogP contribution in [0.3, 0.4) is 0 Å². The van der Waals surface area contributed by atoms with Gasteiger partial charge in [-0.1, -0.05) is 20.3 Å².